The summed E-state index contributed by atoms with van der Waals surface area (Å²) in [6.45, 7) is 3.10. The van der Waals surface area contributed by atoms with E-state index in [0.717, 1.165) is 38.2 Å². The lowest BCUT2D eigenvalue weighted by molar-refractivity contribution is -0.0732. The first kappa shape index (κ1) is 13.9. The fourth-order valence-corrected chi connectivity index (χ4v) is 2.93. The van der Waals surface area contributed by atoms with Crippen molar-refractivity contribution in [3.05, 3.63) is 0 Å². The summed E-state index contributed by atoms with van der Waals surface area (Å²) >= 11 is 0. The summed E-state index contributed by atoms with van der Waals surface area (Å²) in [5.41, 5.74) is 6.24. The highest BCUT2D eigenvalue weighted by Gasteiger charge is 2.39. The Morgan fingerprint density at radius 3 is 2.75 bits per heavy atom. The number of ether oxygens (including phenoxy) is 2. The van der Waals surface area contributed by atoms with E-state index in [1.807, 2.05) is 7.11 Å². The molecular weight excluding hydrogens is 202 g/mol. The van der Waals surface area contributed by atoms with Crippen molar-refractivity contribution in [2.75, 3.05) is 20.8 Å². The lowest BCUT2D eigenvalue weighted by atomic mass is 9.74. The first-order valence-electron chi connectivity index (χ1n) is 6.44. The van der Waals surface area contributed by atoms with E-state index in [0.29, 0.717) is 0 Å². The Bertz CT molecular complexity index is 198. The van der Waals surface area contributed by atoms with Gasteiger partial charge in [-0.2, -0.15) is 0 Å². The molecule has 3 nitrogen and oxygen atoms in total. The first-order chi connectivity index (χ1) is 7.64. The van der Waals surface area contributed by atoms with E-state index in [-0.39, 0.29) is 11.6 Å². The quantitative estimate of drug-likeness (QED) is 0.711. The van der Waals surface area contributed by atoms with Crippen molar-refractivity contribution in [1.82, 2.24) is 0 Å². The molecule has 1 saturated carbocycles. The Labute approximate surface area is 99.7 Å². The van der Waals surface area contributed by atoms with Crippen LogP contribution in [-0.2, 0) is 9.47 Å². The van der Waals surface area contributed by atoms with Gasteiger partial charge in [-0.15, -0.1) is 0 Å². The lowest BCUT2D eigenvalue weighted by Crippen LogP contribution is -2.52. The first-order valence-corrected chi connectivity index (χ1v) is 6.44. The molecule has 3 unspecified atom stereocenters. The van der Waals surface area contributed by atoms with Gasteiger partial charge in [0.25, 0.3) is 0 Å². The highest BCUT2D eigenvalue weighted by atomic mass is 16.5. The third-order valence-electron chi connectivity index (χ3n) is 3.94. The molecular formula is C13H27NO2. The van der Waals surface area contributed by atoms with Crippen LogP contribution in [0.15, 0.2) is 0 Å². The average molecular weight is 229 g/mol. The second-order valence-corrected chi connectivity index (χ2v) is 5.21. The highest BCUT2D eigenvalue weighted by Crippen LogP contribution is 2.37. The van der Waals surface area contributed by atoms with Crippen LogP contribution in [0.2, 0.25) is 0 Å². The van der Waals surface area contributed by atoms with Crippen LogP contribution in [-0.4, -0.2) is 32.5 Å². The van der Waals surface area contributed by atoms with Crippen molar-refractivity contribution in [2.24, 2.45) is 11.7 Å². The monoisotopic (exact) mass is 229 g/mol. The van der Waals surface area contributed by atoms with Crippen molar-refractivity contribution in [3.8, 4) is 0 Å². The van der Waals surface area contributed by atoms with Crippen LogP contribution in [0.3, 0.4) is 0 Å². The highest BCUT2D eigenvalue weighted by molar-refractivity contribution is 4.95. The summed E-state index contributed by atoms with van der Waals surface area (Å²) in [4.78, 5) is 0. The van der Waals surface area contributed by atoms with Gasteiger partial charge in [-0.05, 0) is 31.6 Å². The molecule has 3 atom stereocenters. The van der Waals surface area contributed by atoms with E-state index in [9.17, 15) is 0 Å². The summed E-state index contributed by atoms with van der Waals surface area (Å²) in [6.07, 6.45) is 6.80. The van der Waals surface area contributed by atoms with Crippen molar-refractivity contribution in [3.63, 3.8) is 0 Å². The standard InChI is InChI=1S/C13H27NO2/c1-11-6-4-8-13(10-11,16-3)12(14)7-5-9-15-2/h11-12H,4-10,14H2,1-3H3. The maximum absolute atomic E-state index is 6.32. The van der Waals surface area contributed by atoms with E-state index in [1.54, 1.807) is 7.11 Å². The molecule has 2 N–H and O–H groups in total. The molecule has 1 aliphatic carbocycles. The van der Waals surface area contributed by atoms with Crippen LogP contribution in [0.5, 0.6) is 0 Å². The molecule has 0 heterocycles. The zero-order chi connectivity index (χ0) is 12.0. The van der Waals surface area contributed by atoms with Gasteiger partial charge in [0.1, 0.15) is 0 Å². The Hall–Kier alpha value is -0.120. The summed E-state index contributed by atoms with van der Waals surface area (Å²) in [6, 6.07) is 0.149. The fourth-order valence-electron chi connectivity index (χ4n) is 2.93. The molecule has 3 heteroatoms. The Kier molecular flexibility index (Phi) is 5.73. The second-order valence-electron chi connectivity index (χ2n) is 5.21. The molecule has 0 aromatic carbocycles. The van der Waals surface area contributed by atoms with Gasteiger partial charge in [0.15, 0.2) is 0 Å². The number of methoxy groups -OCH3 is 2. The minimum absolute atomic E-state index is 0.0780. The third-order valence-corrected chi connectivity index (χ3v) is 3.94. The van der Waals surface area contributed by atoms with Gasteiger partial charge < -0.3 is 15.2 Å². The number of hydrogen-bond acceptors (Lipinski definition) is 3. The normalized spacial score (nSPS) is 32.6. The zero-order valence-corrected chi connectivity index (χ0v) is 11.0. The molecule has 0 saturated heterocycles. The number of nitrogens with two attached hydrogens (primary N) is 1. The van der Waals surface area contributed by atoms with Gasteiger partial charge >= 0.3 is 0 Å². The Morgan fingerprint density at radius 1 is 1.44 bits per heavy atom. The van der Waals surface area contributed by atoms with Gasteiger partial charge in [-0.25, -0.2) is 0 Å². The molecule has 0 bridgehead atoms. The van der Waals surface area contributed by atoms with Gasteiger partial charge in [0, 0.05) is 26.9 Å². The topological polar surface area (TPSA) is 44.5 Å². The Balaban J connectivity index is 2.49. The van der Waals surface area contributed by atoms with Crippen molar-refractivity contribution >= 4 is 0 Å². The van der Waals surface area contributed by atoms with E-state index in [4.69, 9.17) is 15.2 Å². The summed E-state index contributed by atoms with van der Waals surface area (Å²) in [5.74, 6) is 0.738. The van der Waals surface area contributed by atoms with E-state index in [1.165, 1.54) is 12.8 Å². The van der Waals surface area contributed by atoms with Crippen LogP contribution in [0.1, 0.15) is 45.4 Å². The van der Waals surface area contributed by atoms with Crippen LogP contribution in [0.25, 0.3) is 0 Å². The molecule has 96 valence electrons. The zero-order valence-electron chi connectivity index (χ0n) is 11.0. The third kappa shape index (κ3) is 3.44. The van der Waals surface area contributed by atoms with Crippen molar-refractivity contribution in [1.29, 1.82) is 0 Å². The van der Waals surface area contributed by atoms with Crippen molar-refractivity contribution in [2.45, 2.75) is 57.1 Å². The summed E-state index contributed by atoms with van der Waals surface area (Å²) in [5, 5.41) is 0. The minimum atomic E-state index is -0.0780. The largest absolute Gasteiger partial charge is 0.385 e. The predicted octanol–water partition coefficient (Wildman–Crippen LogP) is 2.34. The van der Waals surface area contributed by atoms with Crippen molar-refractivity contribution < 1.29 is 9.47 Å². The molecule has 1 aliphatic rings. The smallest absolute Gasteiger partial charge is 0.0831 e. The fraction of sp³-hybridized carbons (Fsp3) is 1.00. The molecule has 0 aromatic heterocycles. The van der Waals surface area contributed by atoms with E-state index >= 15 is 0 Å². The molecule has 0 radical (unpaired) electrons. The minimum Gasteiger partial charge on any atom is -0.385 e. The number of hydrogen-bond donors (Lipinski definition) is 1. The van der Waals surface area contributed by atoms with Gasteiger partial charge in [-0.3, -0.25) is 0 Å². The maximum atomic E-state index is 6.32. The number of rotatable bonds is 6. The van der Waals surface area contributed by atoms with E-state index in [2.05, 4.69) is 6.92 Å². The van der Waals surface area contributed by atoms with Gasteiger partial charge in [-0.1, -0.05) is 19.8 Å². The summed E-state index contributed by atoms with van der Waals surface area (Å²) < 4.78 is 10.8. The van der Waals surface area contributed by atoms with E-state index < -0.39 is 0 Å². The SMILES string of the molecule is COCCCC(N)C1(OC)CCCC(C)C1. The lowest BCUT2D eigenvalue weighted by Gasteiger charge is -2.43. The molecule has 0 aliphatic heterocycles. The average Bonchev–Trinajstić information content (AvgIpc) is 2.29. The molecule has 0 amide bonds. The van der Waals surface area contributed by atoms with Gasteiger partial charge in [0.05, 0.1) is 5.60 Å². The van der Waals surface area contributed by atoms with Crippen LogP contribution in [0.4, 0.5) is 0 Å². The molecule has 0 spiro atoms. The molecule has 1 fully saturated rings. The predicted molar refractivity (Wildman–Crippen MR) is 66.5 cm³/mol. The molecule has 1 rings (SSSR count). The maximum Gasteiger partial charge on any atom is 0.0831 e. The van der Waals surface area contributed by atoms with Crippen LogP contribution >= 0.6 is 0 Å². The molecule has 16 heavy (non-hydrogen) atoms. The van der Waals surface area contributed by atoms with Crippen LogP contribution in [0, 0.1) is 5.92 Å². The second kappa shape index (κ2) is 6.58. The van der Waals surface area contributed by atoms with Crippen LogP contribution < -0.4 is 5.73 Å². The summed E-state index contributed by atoms with van der Waals surface area (Å²) in [7, 11) is 3.55. The van der Waals surface area contributed by atoms with Gasteiger partial charge in [0.2, 0.25) is 0 Å². The Morgan fingerprint density at radius 2 is 2.19 bits per heavy atom. The molecule has 0 aromatic rings.